The number of hydrogen-bond donors (Lipinski definition) is 0. The largest absolute Gasteiger partial charge is 0.368 e. The standard InChI is InChI=1S/C19H21N5O5/c25-18(21-8-10-22(11-9-21)19(26)17-5-2-12-29-17)16-6-7-23(20-16)14-3-1-4-15(13-14)24(27)28/h1,3-4,6-7,13,17H,2,5,8-12H2. The highest BCUT2D eigenvalue weighted by Gasteiger charge is 2.32. The molecule has 2 saturated heterocycles. The van der Waals surface area contributed by atoms with E-state index in [2.05, 4.69) is 5.10 Å². The molecule has 2 fully saturated rings. The van der Waals surface area contributed by atoms with Gasteiger partial charge in [-0.25, -0.2) is 4.68 Å². The lowest BCUT2D eigenvalue weighted by Gasteiger charge is -2.35. The summed E-state index contributed by atoms with van der Waals surface area (Å²) >= 11 is 0. The van der Waals surface area contributed by atoms with Crippen LogP contribution >= 0.6 is 0 Å². The molecule has 0 N–H and O–H groups in total. The number of nitro groups is 1. The van der Waals surface area contributed by atoms with E-state index < -0.39 is 4.92 Å². The fourth-order valence-electron chi connectivity index (χ4n) is 3.60. The van der Waals surface area contributed by atoms with Crippen molar-refractivity contribution in [3.8, 4) is 5.69 Å². The first kappa shape index (κ1) is 19.1. The number of aromatic nitrogens is 2. The maximum absolute atomic E-state index is 12.8. The van der Waals surface area contributed by atoms with E-state index in [1.54, 1.807) is 34.2 Å². The van der Waals surface area contributed by atoms with Crippen LogP contribution in [-0.2, 0) is 9.53 Å². The van der Waals surface area contributed by atoms with E-state index in [0.717, 1.165) is 12.8 Å². The lowest BCUT2D eigenvalue weighted by molar-refractivity contribution is -0.384. The normalized spacial score (nSPS) is 19.4. The van der Waals surface area contributed by atoms with E-state index in [0.29, 0.717) is 38.5 Å². The Labute approximate surface area is 166 Å². The first-order valence-electron chi connectivity index (χ1n) is 9.53. The SMILES string of the molecule is O=C(c1ccn(-c2cccc([N+](=O)[O-])c2)n1)N1CCN(C(=O)C2CCCO2)CC1. The molecule has 2 aromatic rings. The van der Waals surface area contributed by atoms with E-state index in [-0.39, 0.29) is 29.3 Å². The molecule has 10 heteroatoms. The Morgan fingerprint density at radius 1 is 1.14 bits per heavy atom. The van der Waals surface area contributed by atoms with Crippen molar-refractivity contribution >= 4 is 17.5 Å². The predicted octanol–water partition coefficient (Wildman–Crippen LogP) is 1.24. The van der Waals surface area contributed by atoms with Crippen molar-refractivity contribution in [3.63, 3.8) is 0 Å². The number of nitrogens with zero attached hydrogens (tertiary/aromatic N) is 5. The summed E-state index contributed by atoms with van der Waals surface area (Å²) in [5.41, 5.74) is 0.721. The smallest absolute Gasteiger partial charge is 0.274 e. The monoisotopic (exact) mass is 399 g/mol. The third-order valence-corrected chi connectivity index (χ3v) is 5.20. The van der Waals surface area contributed by atoms with Gasteiger partial charge in [0.2, 0.25) is 0 Å². The first-order valence-corrected chi connectivity index (χ1v) is 9.53. The number of carbonyl (C=O) groups excluding carboxylic acids is 2. The molecule has 2 aliphatic rings. The third-order valence-electron chi connectivity index (χ3n) is 5.20. The third kappa shape index (κ3) is 3.97. The molecule has 0 bridgehead atoms. The van der Waals surface area contributed by atoms with Gasteiger partial charge in [0.25, 0.3) is 17.5 Å². The van der Waals surface area contributed by atoms with Crippen LogP contribution in [0.25, 0.3) is 5.69 Å². The topological polar surface area (TPSA) is 111 Å². The van der Waals surface area contributed by atoms with Crippen molar-refractivity contribution in [1.82, 2.24) is 19.6 Å². The molecule has 0 spiro atoms. The second kappa shape index (κ2) is 8.00. The molecule has 1 aromatic heterocycles. The van der Waals surface area contributed by atoms with Crippen LogP contribution in [0.1, 0.15) is 23.3 Å². The fraction of sp³-hybridized carbons (Fsp3) is 0.421. The fourth-order valence-corrected chi connectivity index (χ4v) is 3.60. The molecule has 29 heavy (non-hydrogen) atoms. The van der Waals surface area contributed by atoms with Gasteiger partial charge in [0.15, 0.2) is 5.69 Å². The summed E-state index contributed by atoms with van der Waals surface area (Å²) in [6, 6.07) is 7.64. The van der Waals surface area contributed by atoms with Crippen LogP contribution in [0.3, 0.4) is 0 Å². The summed E-state index contributed by atoms with van der Waals surface area (Å²) in [7, 11) is 0. The average molecular weight is 399 g/mol. The quantitative estimate of drug-likeness (QED) is 0.565. The highest BCUT2D eigenvalue weighted by atomic mass is 16.6. The molecule has 10 nitrogen and oxygen atoms in total. The summed E-state index contributed by atoms with van der Waals surface area (Å²) in [5, 5.41) is 15.2. The van der Waals surface area contributed by atoms with E-state index in [9.17, 15) is 19.7 Å². The van der Waals surface area contributed by atoms with Gasteiger partial charge >= 0.3 is 0 Å². The summed E-state index contributed by atoms with van der Waals surface area (Å²) < 4.78 is 6.89. The number of hydrogen-bond acceptors (Lipinski definition) is 6. The minimum absolute atomic E-state index is 0.00421. The van der Waals surface area contributed by atoms with Crippen LogP contribution in [-0.4, -0.2) is 75.2 Å². The minimum Gasteiger partial charge on any atom is -0.368 e. The average Bonchev–Trinajstić information content (AvgIpc) is 3.45. The Balaban J connectivity index is 1.39. The number of amides is 2. The van der Waals surface area contributed by atoms with E-state index >= 15 is 0 Å². The van der Waals surface area contributed by atoms with Crippen LogP contribution in [0, 0.1) is 10.1 Å². The summed E-state index contributed by atoms with van der Waals surface area (Å²) in [6.07, 6.45) is 2.92. The molecule has 2 amide bonds. The van der Waals surface area contributed by atoms with Gasteiger partial charge in [-0.2, -0.15) is 5.10 Å². The van der Waals surface area contributed by atoms with Gasteiger partial charge in [-0.15, -0.1) is 0 Å². The molecule has 1 unspecified atom stereocenters. The van der Waals surface area contributed by atoms with Gasteiger partial charge < -0.3 is 14.5 Å². The van der Waals surface area contributed by atoms with Crippen molar-refractivity contribution < 1.29 is 19.2 Å². The molecule has 0 radical (unpaired) electrons. The second-order valence-corrected chi connectivity index (χ2v) is 7.04. The number of piperazine rings is 1. The number of rotatable bonds is 4. The Morgan fingerprint density at radius 3 is 2.59 bits per heavy atom. The van der Waals surface area contributed by atoms with Crippen molar-refractivity contribution in [1.29, 1.82) is 0 Å². The van der Waals surface area contributed by atoms with Crippen LogP contribution < -0.4 is 0 Å². The van der Waals surface area contributed by atoms with Gasteiger partial charge in [0.05, 0.1) is 10.6 Å². The number of nitro benzene ring substituents is 1. The lowest BCUT2D eigenvalue weighted by Crippen LogP contribution is -2.52. The zero-order valence-electron chi connectivity index (χ0n) is 15.8. The number of ether oxygens (including phenoxy) is 1. The van der Waals surface area contributed by atoms with Crippen molar-refractivity contribution in [2.45, 2.75) is 18.9 Å². The number of non-ortho nitro benzene ring substituents is 1. The molecule has 4 rings (SSSR count). The van der Waals surface area contributed by atoms with E-state index in [4.69, 9.17) is 4.74 Å². The van der Waals surface area contributed by atoms with Crippen LogP contribution in [0.4, 0.5) is 5.69 Å². The van der Waals surface area contributed by atoms with Gasteiger partial charge in [-0.1, -0.05) is 6.07 Å². The van der Waals surface area contributed by atoms with E-state index in [1.165, 1.54) is 16.8 Å². The number of carbonyl (C=O) groups is 2. The van der Waals surface area contributed by atoms with Gasteiger partial charge in [0, 0.05) is 51.1 Å². The second-order valence-electron chi connectivity index (χ2n) is 7.04. The first-order chi connectivity index (χ1) is 14.0. The molecular formula is C19H21N5O5. The highest BCUT2D eigenvalue weighted by Crippen LogP contribution is 2.18. The maximum Gasteiger partial charge on any atom is 0.274 e. The highest BCUT2D eigenvalue weighted by molar-refractivity contribution is 5.92. The lowest BCUT2D eigenvalue weighted by atomic mass is 10.2. The van der Waals surface area contributed by atoms with Gasteiger partial charge in [0.1, 0.15) is 6.10 Å². The van der Waals surface area contributed by atoms with Crippen LogP contribution in [0.5, 0.6) is 0 Å². The zero-order valence-corrected chi connectivity index (χ0v) is 15.8. The molecule has 0 aliphatic carbocycles. The summed E-state index contributed by atoms with van der Waals surface area (Å²) in [4.78, 5) is 39.1. The Bertz CT molecular complexity index is 929. The van der Waals surface area contributed by atoms with Crippen molar-refractivity contribution in [2.75, 3.05) is 32.8 Å². The Kier molecular flexibility index (Phi) is 5.26. The summed E-state index contributed by atoms with van der Waals surface area (Å²) in [6.45, 7) is 2.43. The van der Waals surface area contributed by atoms with Crippen molar-refractivity contribution in [2.24, 2.45) is 0 Å². The molecule has 0 saturated carbocycles. The minimum atomic E-state index is -0.476. The zero-order chi connectivity index (χ0) is 20.4. The van der Waals surface area contributed by atoms with E-state index in [1.807, 2.05) is 0 Å². The van der Waals surface area contributed by atoms with Gasteiger partial charge in [-0.05, 0) is 25.0 Å². The molecule has 2 aliphatic heterocycles. The number of benzene rings is 1. The van der Waals surface area contributed by atoms with Crippen LogP contribution in [0.2, 0.25) is 0 Å². The Hall–Kier alpha value is -3.27. The Morgan fingerprint density at radius 2 is 1.90 bits per heavy atom. The maximum atomic E-state index is 12.8. The van der Waals surface area contributed by atoms with Crippen molar-refractivity contribution in [3.05, 3.63) is 52.3 Å². The molecule has 3 heterocycles. The molecule has 152 valence electrons. The van der Waals surface area contributed by atoms with Crippen LogP contribution in [0.15, 0.2) is 36.5 Å². The predicted molar refractivity (Wildman–Crippen MR) is 102 cm³/mol. The van der Waals surface area contributed by atoms with Gasteiger partial charge in [-0.3, -0.25) is 19.7 Å². The molecular weight excluding hydrogens is 378 g/mol. The molecule has 1 aromatic carbocycles. The molecule has 1 atom stereocenters. The summed E-state index contributed by atoms with van der Waals surface area (Å²) in [5.74, 6) is -0.219.